The van der Waals surface area contributed by atoms with Crippen LogP contribution in [0.4, 0.5) is 0 Å². The van der Waals surface area contributed by atoms with Gasteiger partial charge in [-0.05, 0) is 11.0 Å². The Morgan fingerprint density at radius 3 is 2.33 bits per heavy atom. The highest BCUT2D eigenvalue weighted by Crippen LogP contribution is 2.27. The van der Waals surface area contributed by atoms with Crippen molar-refractivity contribution < 1.29 is 9.32 Å². The first-order valence-corrected chi connectivity index (χ1v) is 5.74. The number of benzene rings is 1. The molecule has 1 aromatic heterocycles. The molecule has 4 heteroatoms. The maximum absolute atomic E-state index is 11.2. The number of nitrogens with two attached hydrogens (primary N) is 1. The lowest BCUT2D eigenvalue weighted by Crippen LogP contribution is -2.12. The van der Waals surface area contributed by atoms with E-state index in [2.05, 4.69) is 25.9 Å². The van der Waals surface area contributed by atoms with Crippen LogP contribution < -0.4 is 5.73 Å². The molecule has 0 fully saturated rings. The van der Waals surface area contributed by atoms with E-state index in [0.717, 1.165) is 5.56 Å². The molecule has 0 unspecified atom stereocenters. The van der Waals surface area contributed by atoms with Crippen LogP contribution in [-0.4, -0.2) is 11.1 Å². The van der Waals surface area contributed by atoms with Crippen molar-refractivity contribution in [1.82, 2.24) is 5.16 Å². The van der Waals surface area contributed by atoms with Crippen LogP contribution in [0.1, 0.15) is 36.7 Å². The summed E-state index contributed by atoms with van der Waals surface area (Å²) in [6.45, 7) is 6.44. The van der Waals surface area contributed by atoms with E-state index in [1.54, 1.807) is 0 Å². The van der Waals surface area contributed by atoms with Gasteiger partial charge < -0.3 is 10.3 Å². The molecule has 2 N–H and O–H groups in total. The molecular formula is C14H16N2O2. The first kappa shape index (κ1) is 12.4. The van der Waals surface area contributed by atoms with Gasteiger partial charge in [-0.3, -0.25) is 4.79 Å². The fraction of sp³-hybridized carbons (Fsp3) is 0.286. The minimum Gasteiger partial charge on any atom is -0.365 e. The van der Waals surface area contributed by atoms with Gasteiger partial charge in [-0.2, -0.15) is 0 Å². The maximum atomic E-state index is 11.2. The van der Waals surface area contributed by atoms with Crippen LogP contribution in [0, 0.1) is 0 Å². The summed E-state index contributed by atoms with van der Waals surface area (Å²) in [6, 6.07) is 7.89. The van der Waals surface area contributed by atoms with E-state index in [1.165, 1.54) is 11.8 Å². The minimum atomic E-state index is -0.536. The molecule has 0 spiro atoms. The van der Waals surface area contributed by atoms with Gasteiger partial charge in [-0.15, -0.1) is 0 Å². The second kappa shape index (κ2) is 4.29. The van der Waals surface area contributed by atoms with E-state index in [9.17, 15) is 4.79 Å². The molecular weight excluding hydrogens is 228 g/mol. The summed E-state index contributed by atoms with van der Waals surface area (Å²) in [4.78, 5) is 11.2. The van der Waals surface area contributed by atoms with Crippen molar-refractivity contribution in [1.29, 1.82) is 0 Å². The third kappa shape index (κ3) is 2.27. The number of nitrogens with zero attached hydrogens (tertiary/aromatic N) is 1. The lowest BCUT2D eigenvalue weighted by Gasteiger charge is -2.18. The van der Waals surface area contributed by atoms with Crippen molar-refractivity contribution in [2.75, 3.05) is 0 Å². The standard InChI is InChI=1S/C14H16N2O2/c1-14(2,3)10-6-4-9(5-7-10)12-11(13(15)17)8-18-16-12/h4-8H,1-3H3,(H2,15,17). The van der Waals surface area contributed by atoms with Crippen LogP contribution >= 0.6 is 0 Å². The summed E-state index contributed by atoms with van der Waals surface area (Å²) in [5.41, 5.74) is 8.18. The fourth-order valence-corrected chi connectivity index (χ4v) is 1.75. The molecule has 0 bridgehead atoms. The first-order chi connectivity index (χ1) is 8.39. The van der Waals surface area contributed by atoms with Crippen molar-refractivity contribution in [3.63, 3.8) is 0 Å². The predicted molar refractivity (Wildman–Crippen MR) is 69.2 cm³/mol. The van der Waals surface area contributed by atoms with Gasteiger partial charge in [0.1, 0.15) is 17.5 Å². The Balaban J connectivity index is 2.41. The highest BCUT2D eigenvalue weighted by Gasteiger charge is 2.17. The molecule has 1 amide bonds. The number of carbonyl (C=O) groups is 1. The highest BCUT2D eigenvalue weighted by molar-refractivity contribution is 5.98. The predicted octanol–water partition coefficient (Wildman–Crippen LogP) is 2.74. The molecule has 94 valence electrons. The zero-order chi connectivity index (χ0) is 13.3. The Morgan fingerprint density at radius 1 is 1.22 bits per heavy atom. The summed E-state index contributed by atoms with van der Waals surface area (Å²) >= 11 is 0. The fourth-order valence-electron chi connectivity index (χ4n) is 1.75. The average molecular weight is 244 g/mol. The summed E-state index contributed by atoms with van der Waals surface area (Å²) in [5.74, 6) is -0.536. The van der Waals surface area contributed by atoms with Crippen molar-refractivity contribution in [2.45, 2.75) is 26.2 Å². The molecule has 0 aliphatic heterocycles. The van der Waals surface area contributed by atoms with Crippen molar-refractivity contribution in [3.8, 4) is 11.3 Å². The van der Waals surface area contributed by atoms with Crippen LogP contribution in [0.15, 0.2) is 35.1 Å². The number of carbonyl (C=O) groups excluding carboxylic acids is 1. The molecule has 0 saturated heterocycles. The van der Waals surface area contributed by atoms with Gasteiger partial charge in [0.15, 0.2) is 0 Å². The van der Waals surface area contributed by atoms with E-state index in [4.69, 9.17) is 10.3 Å². The quantitative estimate of drug-likeness (QED) is 0.883. The van der Waals surface area contributed by atoms with E-state index < -0.39 is 5.91 Å². The SMILES string of the molecule is CC(C)(C)c1ccc(-c2nocc2C(N)=O)cc1. The van der Waals surface area contributed by atoms with Gasteiger partial charge in [0.05, 0.1) is 0 Å². The maximum Gasteiger partial charge on any atom is 0.254 e. The highest BCUT2D eigenvalue weighted by atomic mass is 16.5. The molecule has 4 nitrogen and oxygen atoms in total. The van der Waals surface area contributed by atoms with Gasteiger partial charge in [-0.25, -0.2) is 0 Å². The Hall–Kier alpha value is -2.10. The molecule has 2 rings (SSSR count). The topological polar surface area (TPSA) is 69.1 Å². The van der Waals surface area contributed by atoms with Crippen LogP contribution in [-0.2, 0) is 5.41 Å². The minimum absolute atomic E-state index is 0.0921. The molecule has 0 saturated carbocycles. The van der Waals surface area contributed by atoms with Gasteiger partial charge >= 0.3 is 0 Å². The normalized spacial score (nSPS) is 11.5. The monoisotopic (exact) mass is 244 g/mol. The van der Waals surface area contributed by atoms with E-state index >= 15 is 0 Å². The Morgan fingerprint density at radius 2 is 1.83 bits per heavy atom. The molecule has 0 radical (unpaired) electrons. The van der Waals surface area contributed by atoms with Crippen LogP contribution in [0.25, 0.3) is 11.3 Å². The van der Waals surface area contributed by atoms with Gasteiger partial charge in [-0.1, -0.05) is 50.2 Å². The lowest BCUT2D eigenvalue weighted by molar-refractivity contribution is 0.1000. The summed E-state index contributed by atoms with van der Waals surface area (Å²) in [5, 5.41) is 3.82. The number of rotatable bonds is 2. The number of amides is 1. The van der Waals surface area contributed by atoms with Crippen LogP contribution in [0.3, 0.4) is 0 Å². The first-order valence-electron chi connectivity index (χ1n) is 5.74. The van der Waals surface area contributed by atoms with Crippen molar-refractivity contribution in [2.24, 2.45) is 5.73 Å². The molecule has 1 aromatic carbocycles. The zero-order valence-corrected chi connectivity index (χ0v) is 10.7. The largest absolute Gasteiger partial charge is 0.365 e. The number of primary amides is 1. The van der Waals surface area contributed by atoms with E-state index in [-0.39, 0.29) is 5.41 Å². The number of hydrogen-bond donors (Lipinski definition) is 1. The molecule has 0 aliphatic carbocycles. The third-order valence-corrected chi connectivity index (χ3v) is 2.86. The molecule has 2 aromatic rings. The van der Waals surface area contributed by atoms with E-state index in [1.807, 2.05) is 24.3 Å². The molecule has 0 aliphatic rings. The van der Waals surface area contributed by atoms with Gasteiger partial charge in [0.25, 0.3) is 5.91 Å². The second-order valence-corrected chi connectivity index (χ2v) is 5.27. The lowest BCUT2D eigenvalue weighted by atomic mass is 9.86. The average Bonchev–Trinajstić information content (AvgIpc) is 2.77. The second-order valence-electron chi connectivity index (χ2n) is 5.27. The van der Waals surface area contributed by atoms with Gasteiger partial charge in [0, 0.05) is 5.56 Å². The van der Waals surface area contributed by atoms with Crippen molar-refractivity contribution in [3.05, 3.63) is 41.7 Å². The summed E-state index contributed by atoms with van der Waals surface area (Å²) in [6.07, 6.45) is 1.27. The third-order valence-electron chi connectivity index (χ3n) is 2.86. The van der Waals surface area contributed by atoms with Gasteiger partial charge in [0.2, 0.25) is 0 Å². The Kier molecular flexibility index (Phi) is 2.95. The molecule has 18 heavy (non-hydrogen) atoms. The van der Waals surface area contributed by atoms with Crippen LogP contribution in [0.2, 0.25) is 0 Å². The smallest absolute Gasteiger partial charge is 0.254 e. The van der Waals surface area contributed by atoms with E-state index in [0.29, 0.717) is 11.3 Å². The Bertz CT molecular complexity index is 562. The Labute approximate surface area is 106 Å². The number of aromatic nitrogens is 1. The van der Waals surface area contributed by atoms with Crippen molar-refractivity contribution >= 4 is 5.91 Å². The zero-order valence-electron chi connectivity index (χ0n) is 10.7. The summed E-state index contributed by atoms with van der Waals surface area (Å²) < 4.78 is 4.81. The molecule has 0 atom stereocenters. The number of hydrogen-bond acceptors (Lipinski definition) is 3. The molecule has 1 heterocycles. The van der Waals surface area contributed by atoms with Crippen LogP contribution in [0.5, 0.6) is 0 Å². The summed E-state index contributed by atoms with van der Waals surface area (Å²) in [7, 11) is 0.